The molecule has 0 aliphatic carbocycles. The van der Waals surface area contributed by atoms with Gasteiger partial charge in [-0.25, -0.2) is 23.8 Å². The molecule has 1 aliphatic rings. The highest BCUT2D eigenvalue weighted by atomic mass is 19.1. The Kier molecular flexibility index (Phi) is 8.67. The van der Waals surface area contributed by atoms with E-state index >= 15 is 0 Å². The molecule has 220 valence electrons. The van der Waals surface area contributed by atoms with E-state index in [4.69, 9.17) is 4.74 Å². The maximum absolute atomic E-state index is 13.5. The Morgan fingerprint density at radius 2 is 1.81 bits per heavy atom. The largest absolute Gasteiger partial charge is 0.439 e. The number of rotatable bonds is 9. The summed E-state index contributed by atoms with van der Waals surface area (Å²) in [7, 11) is 2.18. The number of anilines is 3. The minimum absolute atomic E-state index is 0.249. The minimum atomic E-state index is -0.442. The molecule has 11 heteroatoms. The summed E-state index contributed by atoms with van der Waals surface area (Å²) in [5.74, 6) is 1.83. The summed E-state index contributed by atoms with van der Waals surface area (Å²) in [6.45, 7) is 8.10. The smallest absolute Gasteiger partial charge is 0.324 e. The van der Waals surface area contributed by atoms with Crippen molar-refractivity contribution < 1.29 is 13.9 Å². The Morgan fingerprint density at radius 1 is 1.05 bits per heavy atom. The van der Waals surface area contributed by atoms with E-state index in [1.54, 1.807) is 47.1 Å². The maximum Gasteiger partial charge on any atom is 0.324 e. The van der Waals surface area contributed by atoms with Crippen molar-refractivity contribution in [3.8, 4) is 17.3 Å². The lowest BCUT2D eigenvalue weighted by molar-refractivity contribution is 0.262. The molecule has 1 fully saturated rings. The Labute approximate surface area is 245 Å². The summed E-state index contributed by atoms with van der Waals surface area (Å²) in [6, 6.07) is 16.7. The van der Waals surface area contributed by atoms with Crippen LogP contribution in [0.1, 0.15) is 45.7 Å². The third kappa shape index (κ3) is 7.41. The summed E-state index contributed by atoms with van der Waals surface area (Å²) in [6.07, 6.45) is 5.03. The molecular formula is C31H37FN8O2. The van der Waals surface area contributed by atoms with Crippen LogP contribution in [-0.2, 0) is 5.41 Å². The number of ether oxygens (including phenoxy) is 1. The van der Waals surface area contributed by atoms with Gasteiger partial charge < -0.3 is 20.3 Å². The van der Waals surface area contributed by atoms with Crippen molar-refractivity contribution >= 4 is 23.4 Å². The number of amides is 2. The highest BCUT2D eigenvalue weighted by Gasteiger charge is 2.22. The van der Waals surface area contributed by atoms with Crippen LogP contribution in [-0.4, -0.2) is 56.9 Å². The van der Waals surface area contributed by atoms with Gasteiger partial charge in [0.25, 0.3) is 0 Å². The highest BCUT2D eigenvalue weighted by Crippen LogP contribution is 2.27. The summed E-state index contributed by atoms with van der Waals surface area (Å²) >= 11 is 0. The summed E-state index contributed by atoms with van der Waals surface area (Å²) in [5.41, 5.74) is 1.74. The standard InChI is InChI=1S/C31H37FN8O2/c1-31(2,3)26-18-28(40(38-26)24-11-7-21(32)8-12-24)37-30(41)36-22-9-13-25(14-10-22)42-29-19-27(34-20-35-29)33-16-15-23-6-5-17-39(23)4/h7-14,18-20,23H,5-6,15-17H2,1-4H3,(H,33,34,35)(H2,36,37,41). The zero-order chi connectivity index (χ0) is 29.7. The van der Waals surface area contributed by atoms with Gasteiger partial charge in [0.1, 0.15) is 29.5 Å². The van der Waals surface area contributed by atoms with Gasteiger partial charge in [0.05, 0.1) is 11.4 Å². The molecule has 4 aromatic rings. The van der Waals surface area contributed by atoms with Crippen LogP contribution < -0.4 is 20.7 Å². The molecule has 2 amide bonds. The zero-order valence-electron chi connectivity index (χ0n) is 24.4. The van der Waals surface area contributed by atoms with Crippen LogP contribution in [0.4, 0.5) is 26.5 Å². The fourth-order valence-corrected chi connectivity index (χ4v) is 4.82. The van der Waals surface area contributed by atoms with Gasteiger partial charge in [0.15, 0.2) is 0 Å². The van der Waals surface area contributed by atoms with Crippen molar-refractivity contribution in [2.24, 2.45) is 0 Å². The fraction of sp³-hybridized carbons (Fsp3) is 0.355. The van der Waals surface area contributed by atoms with Gasteiger partial charge in [-0.15, -0.1) is 0 Å². The molecule has 5 rings (SSSR count). The Hall–Kier alpha value is -4.51. The molecule has 10 nitrogen and oxygen atoms in total. The fourth-order valence-electron chi connectivity index (χ4n) is 4.82. The number of nitrogens with zero attached hydrogens (tertiary/aromatic N) is 5. The molecule has 1 aliphatic heterocycles. The van der Waals surface area contributed by atoms with Crippen molar-refractivity contribution in [1.82, 2.24) is 24.6 Å². The van der Waals surface area contributed by atoms with Gasteiger partial charge in [-0.3, -0.25) is 5.32 Å². The van der Waals surface area contributed by atoms with E-state index in [9.17, 15) is 9.18 Å². The number of halogens is 1. The van der Waals surface area contributed by atoms with Gasteiger partial charge >= 0.3 is 6.03 Å². The number of carbonyl (C=O) groups excluding carboxylic acids is 1. The molecular weight excluding hydrogens is 535 g/mol. The molecule has 2 aromatic heterocycles. The molecule has 1 atom stereocenters. The molecule has 2 aromatic carbocycles. The van der Waals surface area contributed by atoms with E-state index in [0.29, 0.717) is 40.7 Å². The number of aromatic nitrogens is 4. The van der Waals surface area contributed by atoms with Crippen LogP contribution in [0.25, 0.3) is 5.69 Å². The van der Waals surface area contributed by atoms with Crippen molar-refractivity contribution in [2.45, 2.75) is 51.5 Å². The molecule has 0 saturated carbocycles. The van der Waals surface area contributed by atoms with E-state index in [1.807, 2.05) is 26.8 Å². The lowest BCUT2D eigenvalue weighted by Crippen LogP contribution is -2.27. The number of urea groups is 1. The number of benzene rings is 2. The molecule has 1 saturated heterocycles. The van der Waals surface area contributed by atoms with Gasteiger partial charge in [-0.05, 0) is 81.4 Å². The Balaban J connectivity index is 1.18. The number of hydrogen-bond acceptors (Lipinski definition) is 7. The lowest BCUT2D eigenvalue weighted by Gasteiger charge is -2.19. The van der Waals surface area contributed by atoms with Crippen LogP contribution in [0.3, 0.4) is 0 Å². The molecule has 42 heavy (non-hydrogen) atoms. The normalized spacial score (nSPS) is 15.4. The predicted octanol–water partition coefficient (Wildman–Crippen LogP) is 6.43. The Morgan fingerprint density at radius 3 is 2.50 bits per heavy atom. The molecule has 0 radical (unpaired) electrons. The van der Waals surface area contributed by atoms with Crippen LogP contribution in [0.5, 0.6) is 11.6 Å². The quantitative estimate of drug-likeness (QED) is 0.212. The number of likely N-dealkylation sites (tertiary alicyclic amines) is 1. The SMILES string of the molecule is CN1CCCC1CCNc1cc(Oc2ccc(NC(=O)Nc3cc(C(C)(C)C)nn3-c3ccc(F)cc3)cc2)ncn1. The second-order valence-electron chi connectivity index (χ2n) is 11.5. The van der Waals surface area contributed by atoms with Gasteiger partial charge in [-0.1, -0.05) is 20.8 Å². The first-order valence-corrected chi connectivity index (χ1v) is 14.1. The minimum Gasteiger partial charge on any atom is -0.439 e. The van der Waals surface area contributed by atoms with Crippen LogP contribution in [0.2, 0.25) is 0 Å². The Bertz CT molecular complexity index is 1500. The molecule has 0 spiro atoms. The highest BCUT2D eigenvalue weighted by molar-refractivity contribution is 5.99. The molecule has 3 heterocycles. The predicted molar refractivity (Wildman–Crippen MR) is 162 cm³/mol. The van der Waals surface area contributed by atoms with Crippen LogP contribution in [0, 0.1) is 5.82 Å². The monoisotopic (exact) mass is 572 g/mol. The topological polar surface area (TPSA) is 109 Å². The summed E-state index contributed by atoms with van der Waals surface area (Å²) < 4.78 is 21.0. The molecule has 0 bridgehead atoms. The molecule has 3 N–H and O–H groups in total. The van der Waals surface area contributed by atoms with Crippen molar-refractivity contribution in [3.05, 3.63) is 78.5 Å². The summed E-state index contributed by atoms with van der Waals surface area (Å²) in [5, 5.41) is 13.7. The van der Waals surface area contributed by atoms with E-state index in [1.165, 1.54) is 31.3 Å². The first-order valence-electron chi connectivity index (χ1n) is 14.1. The van der Waals surface area contributed by atoms with Crippen LogP contribution in [0.15, 0.2) is 67.0 Å². The van der Waals surface area contributed by atoms with Gasteiger partial charge in [-0.2, -0.15) is 5.10 Å². The number of nitrogens with one attached hydrogen (secondary N) is 3. The second-order valence-corrected chi connectivity index (χ2v) is 11.5. The van der Waals surface area contributed by atoms with E-state index in [-0.39, 0.29) is 11.2 Å². The number of carbonyl (C=O) groups is 1. The maximum atomic E-state index is 13.5. The third-order valence-electron chi connectivity index (χ3n) is 7.22. The van der Waals surface area contributed by atoms with E-state index in [0.717, 1.165) is 25.2 Å². The van der Waals surface area contributed by atoms with Gasteiger partial charge in [0, 0.05) is 35.8 Å². The van der Waals surface area contributed by atoms with Crippen molar-refractivity contribution in [2.75, 3.05) is 36.1 Å². The van der Waals surface area contributed by atoms with Crippen molar-refractivity contribution in [1.29, 1.82) is 0 Å². The van der Waals surface area contributed by atoms with Crippen molar-refractivity contribution in [3.63, 3.8) is 0 Å². The average molecular weight is 573 g/mol. The molecule has 1 unspecified atom stereocenters. The average Bonchev–Trinajstić information content (AvgIpc) is 3.56. The van der Waals surface area contributed by atoms with Crippen LogP contribution >= 0.6 is 0 Å². The van der Waals surface area contributed by atoms with Gasteiger partial charge in [0.2, 0.25) is 5.88 Å². The summed E-state index contributed by atoms with van der Waals surface area (Å²) in [4.78, 5) is 23.8. The zero-order valence-corrected chi connectivity index (χ0v) is 24.4. The van der Waals surface area contributed by atoms with E-state index in [2.05, 4.69) is 43.0 Å². The number of hydrogen-bond donors (Lipinski definition) is 3. The van der Waals surface area contributed by atoms with E-state index < -0.39 is 6.03 Å². The lowest BCUT2D eigenvalue weighted by atomic mass is 9.92. The second kappa shape index (κ2) is 12.6. The third-order valence-corrected chi connectivity index (χ3v) is 7.22. The first-order chi connectivity index (χ1) is 20.1. The first kappa shape index (κ1) is 29.0.